The summed E-state index contributed by atoms with van der Waals surface area (Å²) in [6.45, 7) is 1.74. The highest BCUT2D eigenvalue weighted by Crippen LogP contribution is 2.29. The minimum Gasteiger partial charge on any atom is -0.495 e. The molecule has 1 atom stereocenters. The summed E-state index contributed by atoms with van der Waals surface area (Å²) in [5.74, 6) is 0.280. The molecule has 7 heteroatoms. The largest absolute Gasteiger partial charge is 0.495 e. The van der Waals surface area contributed by atoms with Gasteiger partial charge in [0.25, 0.3) is 0 Å². The third-order valence-electron chi connectivity index (χ3n) is 3.12. The van der Waals surface area contributed by atoms with Crippen LogP contribution in [0.15, 0.2) is 51.8 Å². The smallest absolute Gasteiger partial charge is 0.244 e. The molecule has 0 saturated carbocycles. The van der Waals surface area contributed by atoms with E-state index in [1.165, 1.54) is 13.2 Å². The Morgan fingerprint density at radius 3 is 2.55 bits per heavy atom. The van der Waals surface area contributed by atoms with E-state index in [1.54, 1.807) is 37.3 Å². The molecule has 0 unspecified atom stereocenters. The van der Waals surface area contributed by atoms with Gasteiger partial charge in [-0.25, -0.2) is 13.1 Å². The van der Waals surface area contributed by atoms with Gasteiger partial charge in [0.1, 0.15) is 10.6 Å². The number of hydrogen-bond acceptors (Lipinski definition) is 3. The fourth-order valence-corrected chi connectivity index (χ4v) is 4.28. The molecule has 0 saturated heterocycles. The van der Waals surface area contributed by atoms with Crippen molar-refractivity contribution in [2.45, 2.75) is 17.9 Å². The van der Waals surface area contributed by atoms with Gasteiger partial charge in [-0.15, -0.1) is 0 Å². The molecule has 0 aliphatic rings. The molecule has 0 amide bonds. The van der Waals surface area contributed by atoms with Crippen LogP contribution >= 0.6 is 27.5 Å². The molecule has 4 nitrogen and oxygen atoms in total. The zero-order valence-corrected chi connectivity index (χ0v) is 15.2. The van der Waals surface area contributed by atoms with Gasteiger partial charge in [0.15, 0.2) is 0 Å². The average molecular weight is 405 g/mol. The molecule has 2 rings (SSSR count). The van der Waals surface area contributed by atoms with Crippen LogP contribution in [0.5, 0.6) is 5.75 Å². The van der Waals surface area contributed by atoms with Gasteiger partial charge >= 0.3 is 0 Å². The normalized spacial score (nSPS) is 12.9. The van der Waals surface area contributed by atoms with Crippen LogP contribution in [-0.2, 0) is 10.0 Å². The Morgan fingerprint density at radius 1 is 1.23 bits per heavy atom. The molecule has 0 radical (unpaired) electrons. The fraction of sp³-hybridized carbons (Fsp3) is 0.200. The highest BCUT2D eigenvalue weighted by Gasteiger charge is 2.23. The standard InChI is InChI=1S/C15H15BrClNO3S/c1-10(12-5-3-4-6-13(12)17)18-22(19,20)15-9-11(16)7-8-14(15)21-2/h3-10,18H,1-2H3/t10-/m1/s1. The van der Waals surface area contributed by atoms with Crippen LogP contribution in [0.3, 0.4) is 0 Å². The van der Waals surface area contributed by atoms with Gasteiger partial charge in [0.05, 0.1) is 7.11 Å². The van der Waals surface area contributed by atoms with Crippen LogP contribution in [0.25, 0.3) is 0 Å². The van der Waals surface area contributed by atoms with Crippen molar-refractivity contribution in [1.29, 1.82) is 0 Å². The Hall–Kier alpha value is -1.08. The highest BCUT2D eigenvalue weighted by atomic mass is 79.9. The predicted molar refractivity (Wildman–Crippen MR) is 90.9 cm³/mol. The maximum atomic E-state index is 12.6. The number of benzene rings is 2. The number of halogens is 2. The fourth-order valence-electron chi connectivity index (χ4n) is 2.05. The summed E-state index contributed by atoms with van der Waals surface area (Å²) >= 11 is 9.38. The highest BCUT2D eigenvalue weighted by molar-refractivity contribution is 9.10. The second kappa shape index (κ2) is 7.00. The number of nitrogens with one attached hydrogen (secondary N) is 1. The van der Waals surface area contributed by atoms with E-state index < -0.39 is 16.1 Å². The van der Waals surface area contributed by atoms with Crippen molar-refractivity contribution in [3.8, 4) is 5.75 Å². The maximum absolute atomic E-state index is 12.6. The summed E-state index contributed by atoms with van der Waals surface area (Å²) in [5.41, 5.74) is 0.710. The summed E-state index contributed by atoms with van der Waals surface area (Å²) in [7, 11) is -2.32. The summed E-state index contributed by atoms with van der Waals surface area (Å²) < 4.78 is 33.6. The Labute approximate surface area is 143 Å². The van der Waals surface area contributed by atoms with E-state index in [9.17, 15) is 8.42 Å². The first kappa shape index (κ1) is 17.3. The van der Waals surface area contributed by atoms with Crippen molar-refractivity contribution in [2.24, 2.45) is 0 Å². The van der Waals surface area contributed by atoms with Crippen molar-refractivity contribution in [1.82, 2.24) is 4.72 Å². The number of rotatable bonds is 5. The van der Waals surface area contributed by atoms with Crippen molar-refractivity contribution in [3.63, 3.8) is 0 Å². The molecule has 0 aliphatic heterocycles. The molecule has 118 valence electrons. The first-order chi connectivity index (χ1) is 10.3. The van der Waals surface area contributed by atoms with E-state index in [0.29, 0.717) is 15.1 Å². The molecular formula is C15H15BrClNO3S. The van der Waals surface area contributed by atoms with Crippen LogP contribution in [0.1, 0.15) is 18.5 Å². The Bertz CT molecular complexity index is 780. The molecule has 0 aliphatic carbocycles. The van der Waals surface area contributed by atoms with Gasteiger partial charge in [-0.1, -0.05) is 45.7 Å². The van der Waals surface area contributed by atoms with Crippen molar-refractivity contribution >= 4 is 37.6 Å². The third-order valence-corrected chi connectivity index (χ3v) is 5.52. The minimum atomic E-state index is -3.75. The molecule has 2 aromatic carbocycles. The van der Waals surface area contributed by atoms with E-state index in [4.69, 9.17) is 16.3 Å². The molecule has 0 fully saturated rings. The lowest BCUT2D eigenvalue weighted by atomic mass is 10.1. The predicted octanol–water partition coefficient (Wildman–Crippen LogP) is 4.15. The lowest BCUT2D eigenvalue weighted by Crippen LogP contribution is -2.27. The van der Waals surface area contributed by atoms with Gasteiger partial charge in [0.2, 0.25) is 10.0 Å². The third kappa shape index (κ3) is 3.81. The second-order valence-electron chi connectivity index (χ2n) is 4.66. The molecule has 0 spiro atoms. The SMILES string of the molecule is COc1ccc(Br)cc1S(=O)(=O)N[C@H](C)c1ccccc1Cl. The molecular weight excluding hydrogens is 390 g/mol. The maximum Gasteiger partial charge on any atom is 0.244 e. The summed E-state index contributed by atoms with van der Waals surface area (Å²) in [6, 6.07) is 11.5. The summed E-state index contributed by atoms with van der Waals surface area (Å²) in [4.78, 5) is 0.0725. The summed E-state index contributed by atoms with van der Waals surface area (Å²) in [5, 5.41) is 0.513. The molecule has 0 bridgehead atoms. The van der Waals surface area contributed by atoms with Crippen LogP contribution in [-0.4, -0.2) is 15.5 Å². The first-order valence-electron chi connectivity index (χ1n) is 6.45. The molecule has 2 aromatic rings. The van der Waals surface area contributed by atoms with E-state index in [2.05, 4.69) is 20.7 Å². The first-order valence-corrected chi connectivity index (χ1v) is 9.11. The zero-order valence-electron chi connectivity index (χ0n) is 12.0. The van der Waals surface area contributed by atoms with Crippen molar-refractivity contribution in [2.75, 3.05) is 7.11 Å². The van der Waals surface area contributed by atoms with Crippen LogP contribution in [0.4, 0.5) is 0 Å². The molecule has 22 heavy (non-hydrogen) atoms. The molecule has 0 heterocycles. The van der Waals surface area contributed by atoms with Crippen LogP contribution in [0, 0.1) is 0 Å². The minimum absolute atomic E-state index is 0.0725. The number of ether oxygens (including phenoxy) is 1. The van der Waals surface area contributed by atoms with Gasteiger partial charge in [0, 0.05) is 15.5 Å². The monoisotopic (exact) mass is 403 g/mol. The summed E-state index contributed by atoms with van der Waals surface area (Å²) in [6.07, 6.45) is 0. The number of hydrogen-bond donors (Lipinski definition) is 1. The van der Waals surface area contributed by atoms with Gasteiger partial charge in [-0.2, -0.15) is 0 Å². The average Bonchev–Trinajstić information content (AvgIpc) is 2.47. The van der Waals surface area contributed by atoms with Crippen LogP contribution in [0.2, 0.25) is 5.02 Å². The Balaban J connectivity index is 2.36. The number of sulfonamides is 1. The Kier molecular flexibility index (Phi) is 5.50. The van der Waals surface area contributed by atoms with Crippen molar-refractivity contribution in [3.05, 3.63) is 57.5 Å². The van der Waals surface area contributed by atoms with Crippen LogP contribution < -0.4 is 9.46 Å². The lowest BCUT2D eigenvalue weighted by Gasteiger charge is -2.17. The number of methoxy groups -OCH3 is 1. The van der Waals surface area contributed by atoms with Gasteiger partial charge < -0.3 is 4.74 Å². The van der Waals surface area contributed by atoms with Gasteiger partial charge in [-0.3, -0.25) is 0 Å². The van der Waals surface area contributed by atoms with Gasteiger partial charge in [-0.05, 0) is 36.8 Å². The zero-order chi connectivity index (χ0) is 16.3. The Morgan fingerprint density at radius 2 is 1.91 bits per heavy atom. The van der Waals surface area contributed by atoms with E-state index >= 15 is 0 Å². The van der Waals surface area contributed by atoms with E-state index in [1.807, 2.05) is 6.07 Å². The molecule has 0 aromatic heterocycles. The van der Waals surface area contributed by atoms with E-state index in [-0.39, 0.29) is 10.6 Å². The van der Waals surface area contributed by atoms with E-state index in [0.717, 1.165) is 0 Å². The lowest BCUT2D eigenvalue weighted by molar-refractivity contribution is 0.402. The van der Waals surface area contributed by atoms with Crippen molar-refractivity contribution < 1.29 is 13.2 Å². The topological polar surface area (TPSA) is 55.4 Å². The second-order valence-corrected chi connectivity index (χ2v) is 7.66. The molecule has 1 N–H and O–H groups in total. The quantitative estimate of drug-likeness (QED) is 0.814.